The molecule has 1 aromatic heterocycles. The highest BCUT2D eigenvalue weighted by atomic mass is 16.5. The molecule has 0 radical (unpaired) electrons. The SMILES string of the molecule is CN1CCN(c2cc(NC3NCC4C(=O)N5C/C=C\CCCN6C(=O)COC7CCC(NC76)N5C4N3)cc3c2ccn3C)CC1. The number of benzene rings is 1. The minimum absolute atomic E-state index is 0.0303. The molecule has 6 unspecified atom stereocenters. The van der Waals surface area contributed by atoms with Gasteiger partial charge in [-0.25, -0.2) is 0 Å². The van der Waals surface area contributed by atoms with E-state index in [9.17, 15) is 9.59 Å². The molecule has 7 heterocycles. The lowest BCUT2D eigenvalue weighted by Gasteiger charge is -2.50. The molecule has 2 aromatic rings. The molecule has 13 nitrogen and oxygen atoms in total. The Bertz CT molecular complexity index is 1470. The number of hydrogen-bond donors (Lipinski definition) is 4. The molecule has 8 rings (SSSR count). The van der Waals surface area contributed by atoms with Gasteiger partial charge in [0.25, 0.3) is 0 Å². The van der Waals surface area contributed by atoms with Crippen LogP contribution in [0.15, 0.2) is 36.5 Å². The lowest BCUT2D eigenvalue weighted by Crippen LogP contribution is -2.72. The zero-order valence-electron chi connectivity index (χ0n) is 26.3. The van der Waals surface area contributed by atoms with Crippen LogP contribution in [0.1, 0.15) is 25.7 Å². The Kier molecular flexibility index (Phi) is 7.70. The average Bonchev–Trinajstić information content (AvgIpc) is 3.55. The second kappa shape index (κ2) is 11.9. The van der Waals surface area contributed by atoms with E-state index in [2.05, 4.69) is 91.3 Å². The number of piperazine rings is 1. The van der Waals surface area contributed by atoms with Crippen LogP contribution in [0.4, 0.5) is 11.4 Å². The molecule has 6 aliphatic heterocycles. The fraction of sp³-hybridized carbons (Fsp3) is 0.625. The number of hydrazine groups is 1. The van der Waals surface area contributed by atoms with Crippen molar-refractivity contribution in [1.29, 1.82) is 0 Å². The van der Waals surface area contributed by atoms with Gasteiger partial charge >= 0.3 is 0 Å². The molecular formula is C32H46N10O3. The van der Waals surface area contributed by atoms with Crippen molar-refractivity contribution in [3.8, 4) is 0 Å². The van der Waals surface area contributed by atoms with Crippen LogP contribution in [-0.4, -0.2) is 127 Å². The summed E-state index contributed by atoms with van der Waals surface area (Å²) in [6.07, 6.45) is 9.04. The predicted molar refractivity (Wildman–Crippen MR) is 172 cm³/mol. The Morgan fingerprint density at radius 1 is 0.978 bits per heavy atom. The number of carbonyl (C=O) groups excluding carboxylic acids is 2. The summed E-state index contributed by atoms with van der Waals surface area (Å²) < 4.78 is 8.16. The number of nitrogens with zero attached hydrogens (tertiary/aromatic N) is 6. The summed E-state index contributed by atoms with van der Waals surface area (Å²) in [6, 6.07) is 6.70. The van der Waals surface area contributed by atoms with Gasteiger partial charge in [-0.3, -0.25) is 30.5 Å². The van der Waals surface area contributed by atoms with Gasteiger partial charge in [-0.2, -0.15) is 5.01 Å². The van der Waals surface area contributed by atoms with Crippen molar-refractivity contribution in [2.75, 3.05) is 69.7 Å². The van der Waals surface area contributed by atoms with E-state index in [0.29, 0.717) is 19.6 Å². The van der Waals surface area contributed by atoms with E-state index in [1.807, 2.05) is 9.91 Å². The van der Waals surface area contributed by atoms with Gasteiger partial charge in [0.1, 0.15) is 19.1 Å². The molecule has 5 saturated heterocycles. The lowest BCUT2D eigenvalue weighted by atomic mass is 9.99. The maximum Gasteiger partial charge on any atom is 0.249 e. The van der Waals surface area contributed by atoms with Crippen LogP contribution >= 0.6 is 0 Å². The molecule has 0 saturated carbocycles. The number of amides is 2. The second-order valence-electron chi connectivity index (χ2n) is 13.4. The van der Waals surface area contributed by atoms with Gasteiger partial charge in [-0.05, 0) is 50.9 Å². The highest BCUT2D eigenvalue weighted by Crippen LogP contribution is 2.35. The van der Waals surface area contributed by atoms with E-state index >= 15 is 0 Å². The van der Waals surface area contributed by atoms with Crippen LogP contribution in [0, 0.1) is 5.92 Å². The Morgan fingerprint density at radius 2 is 1.84 bits per heavy atom. The van der Waals surface area contributed by atoms with Crippen molar-refractivity contribution in [3.63, 3.8) is 0 Å². The largest absolute Gasteiger partial charge is 0.368 e. The number of likely N-dealkylation sites (N-methyl/N-ethyl adjacent to an activating group) is 1. The fourth-order valence-corrected chi connectivity index (χ4v) is 8.08. The van der Waals surface area contributed by atoms with Crippen LogP contribution < -0.4 is 26.2 Å². The average molecular weight is 619 g/mol. The molecule has 2 bridgehead atoms. The molecule has 13 heteroatoms. The standard InChI is InChI=1S/C32H46N10O3/c1-37-13-15-39(16-14-37)25-18-21(17-24-22(25)9-12-38(24)2)34-32-33-19-23-29(36-32)42-27-8-7-26-30(35-27)40(28(43)20-45-26)10-5-3-4-6-11-41(42)31(23)44/h4,6,9,12,17-18,23,26-27,29-30,32-36H,3,5,7-8,10-11,13-16,19-20H2,1-2H3/b6-4-. The number of aromatic nitrogens is 1. The van der Waals surface area contributed by atoms with Crippen LogP contribution in [0.3, 0.4) is 0 Å². The van der Waals surface area contributed by atoms with Gasteiger partial charge in [0, 0.05) is 69.3 Å². The summed E-state index contributed by atoms with van der Waals surface area (Å²) in [4.78, 5) is 33.6. The monoisotopic (exact) mass is 618 g/mol. The first-order chi connectivity index (χ1) is 21.9. The number of aryl methyl sites for hydroxylation is 1. The van der Waals surface area contributed by atoms with Crippen molar-refractivity contribution < 1.29 is 14.3 Å². The van der Waals surface area contributed by atoms with Crippen molar-refractivity contribution in [1.82, 2.24) is 40.3 Å². The topological polar surface area (TPSA) is 113 Å². The van der Waals surface area contributed by atoms with Crippen molar-refractivity contribution in [3.05, 3.63) is 36.5 Å². The number of ether oxygens (including phenoxy) is 1. The molecule has 4 N–H and O–H groups in total. The maximum atomic E-state index is 13.9. The van der Waals surface area contributed by atoms with E-state index in [1.54, 1.807) is 0 Å². The molecule has 0 aliphatic carbocycles. The molecular weight excluding hydrogens is 572 g/mol. The van der Waals surface area contributed by atoms with E-state index < -0.39 is 0 Å². The van der Waals surface area contributed by atoms with Gasteiger partial charge < -0.3 is 29.3 Å². The number of carbonyl (C=O) groups is 2. The van der Waals surface area contributed by atoms with Gasteiger partial charge in [-0.15, -0.1) is 0 Å². The third kappa shape index (κ3) is 5.29. The van der Waals surface area contributed by atoms with Gasteiger partial charge in [0.05, 0.1) is 36.4 Å². The number of piperidine rings is 1. The van der Waals surface area contributed by atoms with E-state index in [4.69, 9.17) is 4.74 Å². The summed E-state index contributed by atoms with van der Waals surface area (Å²) in [6.45, 7) is 6.05. The molecule has 1 aromatic carbocycles. The number of allylic oxidation sites excluding steroid dienone is 1. The summed E-state index contributed by atoms with van der Waals surface area (Å²) in [5.41, 5.74) is 3.48. The molecule has 2 amide bonds. The smallest absolute Gasteiger partial charge is 0.249 e. The van der Waals surface area contributed by atoms with Crippen molar-refractivity contribution >= 4 is 34.1 Å². The molecule has 6 aliphatic rings. The van der Waals surface area contributed by atoms with Gasteiger partial charge in [0.2, 0.25) is 11.8 Å². The Labute approximate surface area is 264 Å². The van der Waals surface area contributed by atoms with Crippen LogP contribution in [0.2, 0.25) is 0 Å². The number of fused-ring (bicyclic) bond motifs is 6. The number of morpholine rings is 1. The lowest BCUT2D eigenvalue weighted by molar-refractivity contribution is -0.176. The Morgan fingerprint density at radius 3 is 2.71 bits per heavy atom. The Balaban J connectivity index is 1.06. The first-order valence-electron chi connectivity index (χ1n) is 16.6. The second-order valence-corrected chi connectivity index (χ2v) is 13.4. The molecule has 6 atom stereocenters. The van der Waals surface area contributed by atoms with E-state index in [1.165, 1.54) is 16.6 Å². The van der Waals surface area contributed by atoms with E-state index in [0.717, 1.165) is 57.5 Å². The van der Waals surface area contributed by atoms with Gasteiger partial charge in [0.15, 0.2) is 0 Å². The molecule has 45 heavy (non-hydrogen) atoms. The summed E-state index contributed by atoms with van der Waals surface area (Å²) in [5.74, 6) is -0.0646. The third-order valence-electron chi connectivity index (χ3n) is 10.6. The summed E-state index contributed by atoms with van der Waals surface area (Å²) >= 11 is 0. The molecule has 5 fully saturated rings. The number of anilines is 2. The first kappa shape index (κ1) is 29.2. The van der Waals surface area contributed by atoms with E-state index in [-0.39, 0.29) is 55.2 Å². The molecule has 242 valence electrons. The fourth-order valence-electron chi connectivity index (χ4n) is 8.08. The number of nitrogens with one attached hydrogen (secondary N) is 4. The van der Waals surface area contributed by atoms with Crippen LogP contribution in [0.25, 0.3) is 10.9 Å². The normalized spacial score (nSPS) is 33.9. The van der Waals surface area contributed by atoms with Gasteiger partial charge in [-0.1, -0.05) is 12.2 Å². The molecule has 0 spiro atoms. The highest BCUT2D eigenvalue weighted by Gasteiger charge is 2.53. The van der Waals surface area contributed by atoms with Crippen LogP contribution in [0.5, 0.6) is 0 Å². The quantitative estimate of drug-likeness (QED) is 0.362. The number of rotatable bonds is 3. The Hall–Kier alpha value is -3.20. The third-order valence-corrected chi connectivity index (χ3v) is 10.6. The number of hydrogen-bond acceptors (Lipinski definition) is 10. The predicted octanol–water partition coefficient (Wildman–Crippen LogP) is 0.433. The maximum absolute atomic E-state index is 13.9. The van der Waals surface area contributed by atoms with Crippen LogP contribution in [-0.2, 0) is 21.4 Å². The summed E-state index contributed by atoms with van der Waals surface area (Å²) in [7, 11) is 4.28. The minimum Gasteiger partial charge on any atom is -0.368 e. The zero-order chi connectivity index (χ0) is 30.7. The van der Waals surface area contributed by atoms with Crippen molar-refractivity contribution in [2.45, 2.75) is 56.6 Å². The minimum atomic E-state index is -0.235. The van der Waals surface area contributed by atoms with Crippen molar-refractivity contribution in [2.24, 2.45) is 13.0 Å². The first-order valence-corrected chi connectivity index (χ1v) is 16.6. The zero-order valence-corrected chi connectivity index (χ0v) is 26.3. The highest BCUT2D eigenvalue weighted by molar-refractivity contribution is 5.96. The summed E-state index contributed by atoms with van der Waals surface area (Å²) in [5, 5.41) is 20.2.